The van der Waals surface area contributed by atoms with E-state index in [-0.39, 0.29) is 23.5 Å². The second-order valence-electron chi connectivity index (χ2n) is 10.8. The second kappa shape index (κ2) is 11.6. The number of nitrogens with zero attached hydrogens (tertiary/aromatic N) is 2. The van der Waals surface area contributed by atoms with Gasteiger partial charge in [0.1, 0.15) is 11.4 Å². The van der Waals surface area contributed by atoms with E-state index < -0.39 is 14.3 Å². The highest BCUT2D eigenvalue weighted by atomic mass is 28.4. The summed E-state index contributed by atoms with van der Waals surface area (Å²) < 4.78 is 12.3. The summed E-state index contributed by atoms with van der Waals surface area (Å²) in [6.45, 7) is 13.5. The number of anilines is 2. The minimum atomic E-state index is -2.16. The van der Waals surface area contributed by atoms with Crippen molar-refractivity contribution in [3.8, 4) is 17.1 Å². The molecule has 0 unspecified atom stereocenters. The first kappa shape index (κ1) is 27.9. The molecule has 0 aliphatic heterocycles. The molecular weight excluding hydrogens is 472 g/mol. The lowest BCUT2D eigenvalue weighted by atomic mass is 9.93. The zero-order valence-corrected chi connectivity index (χ0v) is 23.7. The largest absolute Gasteiger partial charge is 0.543 e. The molecule has 1 aliphatic carbocycles. The molecule has 1 heterocycles. The number of methoxy groups -OCH3 is 1. The Morgan fingerprint density at radius 1 is 1.06 bits per heavy atom. The van der Waals surface area contributed by atoms with Crippen LogP contribution >= 0.6 is 0 Å². The van der Waals surface area contributed by atoms with Crippen molar-refractivity contribution in [1.82, 2.24) is 9.97 Å². The van der Waals surface area contributed by atoms with Gasteiger partial charge in [-0.25, -0.2) is 14.8 Å². The van der Waals surface area contributed by atoms with Gasteiger partial charge in [-0.05, 0) is 54.4 Å². The first-order valence-corrected chi connectivity index (χ1v) is 15.1. The van der Waals surface area contributed by atoms with E-state index in [0.29, 0.717) is 33.8 Å². The lowest BCUT2D eigenvalue weighted by Gasteiger charge is -2.42. The fourth-order valence-electron chi connectivity index (χ4n) is 5.76. The molecule has 3 rings (SSSR count). The number of carboxylic acid groups (broad SMARTS) is 1. The molecule has 1 saturated carbocycles. The third kappa shape index (κ3) is 5.83. The number of aromatic carboxylic acids is 1. The molecule has 198 valence electrons. The average molecular weight is 515 g/mol. The number of aromatic nitrogens is 2. The Morgan fingerprint density at radius 3 is 2.19 bits per heavy atom. The molecular formula is C27H42N4O4Si. The van der Waals surface area contributed by atoms with Crippen molar-refractivity contribution >= 4 is 25.8 Å². The van der Waals surface area contributed by atoms with E-state index in [1.807, 2.05) is 24.3 Å². The molecule has 0 saturated heterocycles. The number of hydrogen-bond acceptors (Lipinski definition) is 7. The first-order chi connectivity index (χ1) is 17.0. The molecule has 0 amide bonds. The molecule has 0 bridgehead atoms. The van der Waals surface area contributed by atoms with Gasteiger partial charge in [-0.2, -0.15) is 0 Å². The van der Waals surface area contributed by atoms with Crippen LogP contribution in [0.3, 0.4) is 0 Å². The lowest BCUT2D eigenvalue weighted by Crippen LogP contribution is -2.50. The van der Waals surface area contributed by atoms with E-state index in [9.17, 15) is 9.90 Å². The molecule has 1 aromatic carbocycles. The summed E-state index contributed by atoms with van der Waals surface area (Å²) in [5.74, 6) is 0.256. The number of ether oxygens (including phenoxy) is 1. The average Bonchev–Trinajstić information content (AvgIpc) is 2.83. The predicted molar refractivity (Wildman–Crippen MR) is 147 cm³/mol. The van der Waals surface area contributed by atoms with Gasteiger partial charge >= 0.3 is 5.97 Å². The second-order valence-corrected chi connectivity index (χ2v) is 16.1. The zero-order valence-electron chi connectivity index (χ0n) is 22.7. The zero-order chi connectivity index (χ0) is 26.6. The van der Waals surface area contributed by atoms with Crippen LogP contribution in [0.2, 0.25) is 16.6 Å². The van der Waals surface area contributed by atoms with Crippen LogP contribution in [0, 0.1) is 0 Å². The third-order valence-electron chi connectivity index (χ3n) is 7.59. The molecule has 8 nitrogen and oxygen atoms in total. The van der Waals surface area contributed by atoms with Gasteiger partial charge in [-0.3, -0.25) is 0 Å². The summed E-state index contributed by atoms with van der Waals surface area (Å²) in [5.41, 5.74) is 8.03. The van der Waals surface area contributed by atoms with Crippen LogP contribution in [-0.2, 0) is 4.74 Å². The van der Waals surface area contributed by atoms with Gasteiger partial charge in [0, 0.05) is 18.7 Å². The van der Waals surface area contributed by atoms with Gasteiger partial charge in [-0.1, -0.05) is 53.7 Å². The maximum Gasteiger partial charge on any atom is 0.356 e. The molecule has 0 atom stereocenters. The van der Waals surface area contributed by atoms with Crippen molar-refractivity contribution in [2.24, 2.45) is 0 Å². The van der Waals surface area contributed by atoms with Gasteiger partial charge in [0.05, 0.1) is 6.10 Å². The first-order valence-electron chi connectivity index (χ1n) is 13.0. The summed E-state index contributed by atoms with van der Waals surface area (Å²) in [5, 5.41) is 13.2. The Morgan fingerprint density at radius 2 is 1.67 bits per heavy atom. The van der Waals surface area contributed by atoms with E-state index in [4.69, 9.17) is 14.9 Å². The maximum absolute atomic E-state index is 12.0. The Hall–Kier alpha value is -2.65. The number of hydrogen-bond donors (Lipinski definition) is 3. The van der Waals surface area contributed by atoms with Gasteiger partial charge in [0.2, 0.25) is 0 Å². The summed E-state index contributed by atoms with van der Waals surface area (Å²) >= 11 is 0. The van der Waals surface area contributed by atoms with Crippen LogP contribution in [0.4, 0.5) is 11.5 Å². The monoisotopic (exact) mass is 514 g/mol. The number of nitrogens with two attached hydrogens (primary N) is 1. The molecule has 1 aliphatic rings. The number of nitrogen functional groups attached to an aromatic ring is 1. The smallest absolute Gasteiger partial charge is 0.356 e. The van der Waals surface area contributed by atoms with E-state index >= 15 is 0 Å². The standard InChI is InChI=1S/C27H42N4O4Si/c1-16(2)36(17(3)4,18(5)6)35-22-10-8-9-19(15-22)25-30-24(27(32)33)23(28)26(31-25)29-20-11-13-21(34-7)14-12-20/h8-10,15-18,20-21H,11-14,28H2,1-7H3,(H,32,33)(H,29,30,31). The molecule has 0 spiro atoms. The molecule has 0 radical (unpaired) electrons. The van der Waals surface area contributed by atoms with Crippen molar-refractivity contribution < 1.29 is 19.1 Å². The highest BCUT2D eigenvalue weighted by Gasteiger charge is 2.47. The molecule has 2 aromatic rings. The highest BCUT2D eigenvalue weighted by Crippen LogP contribution is 2.43. The van der Waals surface area contributed by atoms with Crippen molar-refractivity contribution in [3.63, 3.8) is 0 Å². The van der Waals surface area contributed by atoms with Crippen molar-refractivity contribution in [2.45, 2.75) is 96.0 Å². The van der Waals surface area contributed by atoms with Crippen LogP contribution in [0.25, 0.3) is 11.4 Å². The van der Waals surface area contributed by atoms with Gasteiger partial charge in [0.25, 0.3) is 8.32 Å². The summed E-state index contributed by atoms with van der Waals surface area (Å²) in [7, 11) is -0.421. The fourth-order valence-corrected chi connectivity index (χ4v) is 11.0. The van der Waals surface area contributed by atoms with Crippen molar-refractivity contribution in [1.29, 1.82) is 0 Å². The Bertz CT molecular complexity index is 1030. The number of carboxylic acids is 1. The van der Waals surface area contributed by atoms with E-state index in [2.05, 4.69) is 56.8 Å². The Labute approximate surface area is 216 Å². The molecule has 4 N–H and O–H groups in total. The number of rotatable bonds is 10. The van der Waals surface area contributed by atoms with E-state index in [1.165, 1.54) is 0 Å². The third-order valence-corrected chi connectivity index (χ3v) is 13.6. The summed E-state index contributed by atoms with van der Waals surface area (Å²) in [6, 6.07) is 7.80. The minimum Gasteiger partial charge on any atom is -0.543 e. The minimum absolute atomic E-state index is 0.0540. The Kier molecular flexibility index (Phi) is 9.00. The summed E-state index contributed by atoms with van der Waals surface area (Å²) in [4.78, 5) is 21.0. The fraction of sp³-hybridized carbons (Fsp3) is 0.593. The van der Waals surface area contributed by atoms with Crippen LogP contribution in [0.1, 0.15) is 77.7 Å². The normalized spacial score (nSPS) is 18.6. The van der Waals surface area contributed by atoms with Crippen LogP contribution < -0.4 is 15.5 Å². The molecule has 1 aromatic heterocycles. The summed E-state index contributed by atoms with van der Waals surface area (Å²) in [6.07, 6.45) is 3.93. The van der Waals surface area contributed by atoms with Crippen LogP contribution in [0.15, 0.2) is 24.3 Å². The van der Waals surface area contributed by atoms with Crippen LogP contribution in [0.5, 0.6) is 5.75 Å². The number of carbonyl (C=O) groups is 1. The molecule has 1 fully saturated rings. The predicted octanol–water partition coefficient (Wildman–Crippen LogP) is 6.35. The van der Waals surface area contributed by atoms with E-state index in [1.54, 1.807) is 7.11 Å². The van der Waals surface area contributed by atoms with Gasteiger partial charge in [0.15, 0.2) is 17.3 Å². The maximum atomic E-state index is 12.0. The van der Waals surface area contributed by atoms with Crippen molar-refractivity contribution in [2.75, 3.05) is 18.2 Å². The highest BCUT2D eigenvalue weighted by molar-refractivity contribution is 6.78. The van der Waals surface area contributed by atoms with Gasteiger partial charge in [-0.15, -0.1) is 0 Å². The Balaban J connectivity index is 1.97. The lowest BCUT2D eigenvalue weighted by molar-refractivity contribution is 0.0681. The molecule has 36 heavy (non-hydrogen) atoms. The quantitative estimate of drug-likeness (QED) is 0.314. The number of nitrogens with one attached hydrogen (secondary N) is 1. The van der Waals surface area contributed by atoms with Crippen LogP contribution in [-0.4, -0.2) is 48.6 Å². The van der Waals surface area contributed by atoms with E-state index in [0.717, 1.165) is 31.4 Å². The van der Waals surface area contributed by atoms with Gasteiger partial charge < -0.3 is 25.3 Å². The SMILES string of the molecule is COC1CCC(Nc2nc(-c3cccc(O[Si](C(C)C)(C(C)C)C(C)C)c3)nc(C(=O)O)c2N)CC1. The van der Waals surface area contributed by atoms with Crippen molar-refractivity contribution in [3.05, 3.63) is 30.0 Å². The topological polar surface area (TPSA) is 120 Å². The number of benzene rings is 1. The molecule has 9 heteroatoms.